The zero-order valence-electron chi connectivity index (χ0n) is 15.8. The van der Waals surface area contributed by atoms with E-state index in [1.165, 1.54) is 34.4 Å². The lowest BCUT2D eigenvalue weighted by Crippen LogP contribution is -2.29. The summed E-state index contributed by atoms with van der Waals surface area (Å²) < 4.78 is 13.7. The SMILES string of the molecule is Cc1ccc(N2C(=O)C(=O)/C(=C(\O)c3ccc(F)c(C)c3)C2c2cccs2)cc1. The molecule has 0 aliphatic carbocycles. The first-order chi connectivity index (χ1) is 13.9. The molecule has 1 atom stereocenters. The van der Waals surface area contributed by atoms with Gasteiger partial charge in [0.2, 0.25) is 0 Å². The minimum absolute atomic E-state index is 0.00373. The van der Waals surface area contributed by atoms with Gasteiger partial charge in [-0.3, -0.25) is 14.5 Å². The van der Waals surface area contributed by atoms with Crippen molar-refractivity contribution in [2.45, 2.75) is 19.9 Å². The zero-order valence-corrected chi connectivity index (χ0v) is 16.7. The first-order valence-electron chi connectivity index (χ1n) is 9.06. The van der Waals surface area contributed by atoms with Gasteiger partial charge in [-0.1, -0.05) is 23.8 Å². The molecule has 4 rings (SSSR count). The molecule has 1 fully saturated rings. The molecular formula is C23H18FNO3S. The Morgan fingerprint density at radius 3 is 2.41 bits per heavy atom. The quantitative estimate of drug-likeness (QED) is 0.372. The molecule has 1 N–H and O–H groups in total. The highest BCUT2D eigenvalue weighted by molar-refractivity contribution is 7.10. The highest BCUT2D eigenvalue weighted by Gasteiger charge is 2.47. The van der Waals surface area contributed by atoms with E-state index < -0.39 is 23.5 Å². The number of halogens is 1. The monoisotopic (exact) mass is 407 g/mol. The molecule has 2 aromatic carbocycles. The number of benzene rings is 2. The van der Waals surface area contributed by atoms with Crippen molar-refractivity contribution < 1.29 is 19.1 Å². The molecule has 1 unspecified atom stereocenters. The third-order valence-electron chi connectivity index (χ3n) is 5.00. The molecule has 6 heteroatoms. The number of carbonyl (C=O) groups is 2. The van der Waals surface area contributed by atoms with Gasteiger partial charge in [0.25, 0.3) is 11.7 Å². The van der Waals surface area contributed by atoms with Crippen LogP contribution in [0.3, 0.4) is 0 Å². The Bertz CT molecular complexity index is 1130. The molecule has 1 amide bonds. The lowest BCUT2D eigenvalue weighted by Gasteiger charge is -2.24. The third kappa shape index (κ3) is 3.25. The normalized spacial score (nSPS) is 18.4. The maximum atomic E-state index is 13.7. The fourth-order valence-corrected chi connectivity index (χ4v) is 4.29. The first-order valence-corrected chi connectivity index (χ1v) is 9.94. The maximum absolute atomic E-state index is 13.7. The number of hydrogen-bond donors (Lipinski definition) is 1. The molecule has 1 aliphatic rings. The molecule has 2 heterocycles. The molecular weight excluding hydrogens is 389 g/mol. The molecule has 1 aromatic heterocycles. The Morgan fingerprint density at radius 2 is 1.79 bits per heavy atom. The second kappa shape index (κ2) is 7.29. The van der Waals surface area contributed by atoms with Gasteiger partial charge in [-0.25, -0.2) is 4.39 Å². The van der Waals surface area contributed by atoms with Crippen LogP contribution in [0.25, 0.3) is 5.76 Å². The van der Waals surface area contributed by atoms with Crippen molar-refractivity contribution in [3.63, 3.8) is 0 Å². The fourth-order valence-electron chi connectivity index (χ4n) is 3.47. The van der Waals surface area contributed by atoms with Crippen molar-refractivity contribution >= 4 is 34.5 Å². The molecule has 0 radical (unpaired) electrons. The van der Waals surface area contributed by atoms with Crippen LogP contribution >= 0.6 is 11.3 Å². The second-order valence-corrected chi connectivity index (χ2v) is 7.96. The lowest BCUT2D eigenvalue weighted by atomic mass is 9.98. The van der Waals surface area contributed by atoms with Crippen LogP contribution in [-0.4, -0.2) is 16.8 Å². The van der Waals surface area contributed by atoms with E-state index in [2.05, 4.69) is 0 Å². The lowest BCUT2D eigenvalue weighted by molar-refractivity contribution is -0.132. The van der Waals surface area contributed by atoms with E-state index >= 15 is 0 Å². The number of nitrogens with zero attached hydrogens (tertiary/aromatic N) is 1. The summed E-state index contributed by atoms with van der Waals surface area (Å²) in [4.78, 5) is 28.1. The Morgan fingerprint density at radius 1 is 1.07 bits per heavy atom. The largest absolute Gasteiger partial charge is 0.507 e. The van der Waals surface area contributed by atoms with Crippen LogP contribution in [0.1, 0.15) is 27.6 Å². The summed E-state index contributed by atoms with van der Waals surface area (Å²) in [6.45, 7) is 3.51. The predicted molar refractivity (Wildman–Crippen MR) is 111 cm³/mol. The van der Waals surface area contributed by atoms with Gasteiger partial charge in [-0.05, 0) is 61.2 Å². The number of amides is 1. The standard InChI is InChI=1S/C23H18FNO3S/c1-13-5-8-16(9-6-13)25-20(18-4-3-11-29-18)19(22(27)23(25)28)21(26)15-7-10-17(24)14(2)12-15/h3-12,20,26H,1-2H3/b21-19-. The molecule has 1 aliphatic heterocycles. The van der Waals surface area contributed by atoms with Crippen LogP contribution in [0.5, 0.6) is 0 Å². The molecule has 0 spiro atoms. The topological polar surface area (TPSA) is 57.6 Å². The Kier molecular flexibility index (Phi) is 4.80. The van der Waals surface area contributed by atoms with E-state index in [1.54, 1.807) is 19.1 Å². The van der Waals surface area contributed by atoms with E-state index in [1.807, 2.05) is 36.6 Å². The summed E-state index contributed by atoms with van der Waals surface area (Å²) in [6.07, 6.45) is 0. The number of hydrogen-bond acceptors (Lipinski definition) is 4. The number of anilines is 1. The van der Waals surface area contributed by atoms with Gasteiger partial charge in [-0.15, -0.1) is 11.3 Å². The Hall–Kier alpha value is -3.25. The molecule has 29 heavy (non-hydrogen) atoms. The summed E-state index contributed by atoms with van der Waals surface area (Å²) in [7, 11) is 0. The van der Waals surface area contributed by atoms with Crippen LogP contribution in [0, 0.1) is 19.7 Å². The van der Waals surface area contributed by atoms with Gasteiger partial charge >= 0.3 is 0 Å². The Balaban J connectivity index is 1.92. The average molecular weight is 407 g/mol. The van der Waals surface area contributed by atoms with Crippen molar-refractivity contribution in [1.82, 2.24) is 0 Å². The highest BCUT2D eigenvalue weighted by Crippen LogP contribution is 2.43. The van der Waals surface area contributed by atoms with Gasteiger partial charge in [0, 0.05) is 16.1 Å². The van der Waals surface area contributed by atoms with Crippen molar-refractivity contribution in [3.8, 4) is 0 Å². The number of rotatable bonds is 3. The maximum Gasteiger partial charge on any atom is 0.300 e. The van der Waals surface area contributed by atoms with Gasteiger partial charge in [0.05, 0.1) is 5.57 Å². The Labute approximate surface area is 171 Å². The van der Waals surface area contributed by atoms with Crippen LogP contribution in [0.4, 0.5) is 10.1 Å². The van der Waals surface area contributed by atoms with Crippen molar-refractivity contribution in [3.05, 3.63) is 92.9 Å². The summed E-state index contributed by atoms with van der Waals surface area (Å²) >= 11 is 1.40. The number of Topliss-reactive ketones (excluding diaryl/α,β-unsaturated/α-hetero) is 1. The average Bonchev–Trinajstić information content (AvgIpc) is 3.32. The molecule has 0 bridgehead atoms. The van der Waals surface area contributed by atoms with Gasteiger partial charge in [0.15, 0.2) is 0 Å². The molecule has 1 saturated heterocycles. The molecule has 4 nitrogen and oxygen atoms in total. The van der Waals surface area contributed by atoms with E-state index in [0.717, 1.165) is 10.4 Å². The highest BCUT2D eigenvalue weighted by atomic mass is 32.1. The molecule has 0 saturated carbocycles. The number of thiophene rings is 1. The van der Waals surface area contributed by atoms with Crippen molar-refractivity contribution in [2.75, 3.05) is 4.90 Å². The second-order valence-electron chi connectivity index (χ2n) is 6.98. The van der Waals surface area contributed by atoms with E-state index in [0.29, 0.717) is 16.8 Å². The number of ketones is 1. The van der Waals surface area contributed by atoms with Crippen LogP contribution in [0.15, 0.2) is 65.6 Å². The first kappa shape index (κ1) is 19.1. The zero-order chi connectivity index (χ0) is 20.7. The van der Waals surface area contributed by atoms with Gasteiger partial charge in [-0.2, -0.15) is 0 Å². The summed E-state index contributed by atoms with van der Waals surface area (Å²) in [5, 5.41) is 12.8. The third-order valence-corrected chi connectivity index (χ3v) is 5.93. The summed E-state index contributed by atoms with van der Waals surface area (Å²) in [6, 6.07) is 14.3. The minimum Gasteiger partial charge on any atom is -0.507 e. The number of carbonyl (C=O) groups excluding carboxylic acids is 2. The predicted octanol–water partition coefficient (Wildman–Crippen LogP) is 5.13. The van der Waals surface area contributed by atoms with E-state index in [9.17, 15) is 19.1 Å². The summed E-state index contributed by atoms with van der Waals surface area (Å²) in [5.41, 5.74) is 2.25. The number of aryl methyl sites for hydroxylation is 2. The summed E-state index contributed by atoms with van der Waals surface area (Å²) in [5.74, 6) is -2.17. The molecule has 3 aromatic rings. The number of aliphatic hydroxyl groups excluding tert-OH is 1. The van der Waals surface area contributed by atoms with Gasteiger partial charge in [0.1, 0.15) is 17.6 Å². The van der Waals surface area contributed by atoms with Crippen molar-refractivity contribution in [2.24, 2.45) is 0 Å². The minimum atomic E-state index is -0.761. The van der Waals surface area contributed by atoms with E-state index in [-0.39, 0.29) is 11.3 Å². The van der Waals surface area contributed by atoms with Crippen molar-refractivity contribution in [1.29, 1.82) is 0 Å². The van der Waals surface area contributed by atoms with Crippen LogP contribution in [-0.2, 0) is 9.59 Å². The number of aliphatic hydroxyl groups is 1. The smallest absolute Gasteiger partial charge is 0.300 e. The van der Waals surface area contributed by atoms with Crippen LogP contribution < -0.4 is 4.90 Å². The van der Waals surface area contributed by atoms with Crippen LogP contribution in [0.2, 0.25) is 0 Å². The fraction of sp³-hybridized carbons (Fsp3) is 0.130. The van der Waals surface area contributed by atoms with Gasteiger partial charge < -0.3 is 5.11 Å². The molecule has 146 valence electrons. The van der Waals surface area contributed by atoms with E-state index in [4.69, 9.17) is 0 Å².